The quantitative estimate of drug-likeness (QED) is 0.0648. The summed E-state index contributed by atoms with van der Waals surface area (Å²) in [5.41, 5.74) is 28.3. The molecular formula is C121H77N17. The van der Waals surface area contributed by atoms with Crippen molar-refractivity contribution in [3.63, 3.8) is 0 Å². The number of rotatable bonds is 16. The van der Waals surface area contributed by atoms with E-state index in [1.54, 1.807) is 49.6 Å². The number of aromatic nitrogens is 17. The van der Waals surface area contributed by atoms with Crippen molar-refractivity contribution in [2.75, 3.05) is 0 Å². The highest BCUT2D eigenvalue weighted by atomic mass is 15.0. The standard InChI is InChI=1S/C44H28N6.C41H25N5.C36H24N6/c1-2-14-32-31(13-1)43(29-25-39(35-17-5-9-21-45-35)49-40(26-29)36-18-6-10-22-46-36)33-15-3-4-16-34(33)44(32)30-27-41(37-19-7-11-23-47-37)50-42(28-30)38-20-8-12-24-48-38;1-3-14-28(15-4-1)36-32-24-22-26-12-7-9-18-30(26)38(32)45-40(43-36)34-20-11-21-35(42-34)41-44-37(29-16-5-2-6-17-29)33-25-23-27-13-8-10-19-31(27)39(33)46-41;1-5-17-37-29(9-1)33-21-27(22-34(41-33)30-10-2-6-18-38-30)25-13-15-26(16-14-25)28-23-35(31-11-3-7-19-39-31)42-36(24-28)32-12-4-8-20-40-32/h1-28H;1-25H;1-24H. The number of hydrogen-bond acceptors (Lipinski definition) is 17. The molecule has 0 aliphatic heterocycles. The van der Waals surface area contributed by atoms with Crippen molar-refractivity contribution in [2.45, 2.75) is 0 Å². The lowest BCUT2D eigenvalue weighted by atomic mass is 9.85. The molecule has 0 amide bonds. The molecule has 0 aliphatic rings. The summed E-state index contributed by atoms with van der Waals surface area (Å²) < 4.78 is 0. The van der Waals surface area contributed by atoms with Crippen molar-refractivity contribution in [1.29, 1.82) is 0 Å². The van der Waals surface area contributed by atoms with Crippen LogP contribution in [0.1, 0.15) is 0 Å². The van der Waals surface area contributed by atoms with Crippen LogP contribution in [0.3, 0.4) is 0 Å². The van der Waals surface area contributed by atoms with Crippen LogP contribution in [0.5, 0.6) is 0 Å². The topological polar surface area (TPSA) is 219 Å². The van der Waals surface area contributed by atoms with Gasteiger partial charge in [0.25, 0.3) is 0 Å². The number of benzene rings is 10. The van der Waals surface area contributed by atoms with Gasteiger partial charge in [0.2, 0.25) is 0 Å². The predicted molar refractivity (Wildman–Crippen MR) is 554 cm³/mol. The molecule has 0 atom stereocenters. The molecule has 0 saturated heterocycles. The van der Waals surface area contributed by atoms with Crippen LogP contribution >= 0.6 is 0 Å². The van der Waals surface area contributed by atoms with E-state index in [2.05, 4.69) is 258 Å². The molecule has 0 unspecified atom stereocenters. The highest BCUT2D eigenvalue weighted by Gasteiger charge is 2.25. The fraction of sp³-hybridized carbons (Fsp3) is 0. The van der Waals surface area contributed by atoms with E-state index in [1.807, 2.05) is 200 Å². The monoisotopic (exact) mass is 1770 g/mol. The normalized spacial score (nSPS) is 11.2. The Morgan fingerprint density at radius 2 is 0.355 bits per heavy atom. The first kappa shape index (κ1) is 83.2. The molecule has 0 N–H and O–H groups in total. The maximum Gasteiger partial charge on any atom is 0.179 e. The number of fused-ring (bicyclic) bond motifs is 8. The van der Waals surface area contributed by atoms with Gasteiger partial charge in [0, 0.05) is 82.2 Å². The molecule has 15 heterocycles. The van der Waals surface area contributed by atoms with Crippen LogP contribution in [0.15, 0.2) is 468 Å². The fourth-order valence-corrected chi connectivity index (χ4v) is 17.8. The van der Waals surface area contributed by atoms with Gasteiger partial charge in [-0.2, -0.15) is 0 Å². The highest BCUT2D eigenvalue weighted by Crippen LogP contribution is 2.47. The highest BCUT2D eigenvalue weighted by molar-refractivity contribution is 6.22. The molecule has 25 aromatic rings. The van der Waals surface area contributed by atoms with E-state index >= 15 is 0 Å². The molecule has 0 spiro atoms. The lowest BCUT2D eigenvalue weighted by molar-refractivity contribution is 1.15. The minimum atomic E-state index is 0.555. The molecule has 646 valence electrons. The van der Waals surface area contributed by atoms with Gasteiger partial charge in [0.15, 0.2) is 11.6 Å². The van der Waals surface area contributed by atoms with Gasteiger partial charge in [-0.25, -0.2) is 44.9 Å². The summed E-state index contributed by atoms with van der Waals surface area (Å²) >= 11 is 0. The number of hydrogen-bond donors (Lipinski definition) is 0. The van der Waals surface area contributed by atoms with Crippen LogP contribution in [0.4, 0.5) is 0 Å². The molecule has 0 saturated carbocycles. The van der Waals surface area contributed by atoms with Crippen molar-refractivity contribution in [3.8, 4) is 181 Å². The Labute approximate surface area is 793 Å². The zero-order valence-electron chi connectivity index (χ0n) is 74.1. The van der Waals surface area contributed by atoms with Gasteiger partial charge in [-0.15, -0.1) is 0 Å². The summed E-state index contributed by atoms with van der Waals surface area (Å²) in [6.45, 7) is 0. The van der Waals surface area contributed by atoms with Crippen LogP contribution in [0.2, 0.25) is 0 Å². The van der Waals surface area contributed by atoms with Gasteiger partial charge in [-0.1, -0.05) is 249 Å². The van der Waals surface area contributed by atoms with Gasteiger partial charge in [0.05, 0.1) is 114 Å². The van der Waals surface area contributed by atoms with Crippen LogP contribution in [-0.2, 0) is 0 Å². The van der Waals surface area contributed by atoms with Crippen LogP contribution < -0.4 is 0 Å². The third-order valence-corrected chi connectivity index (χ3v) is 24.3. The summed E-state index contributed by atoms with van der Waals surface area (Å²) in [7, 11) is 0. The molecule has 138 heavy (non-hydrogen) atoms. The minimum absolute atomic E-state index is 0.555. The first-order chi connectivity index (χ1) is 68.4. The Morgan fingerprint density at radius 3 is 0.623 bits per heavy atom. The Morgan fingerprint density at radius 1 is 0.123 bits per heavy atom. The lowest BCUT2D eigenvalue weighted by Crippen LogP contribution is -2.00. The van der Waals surface area contributed by atoms with Crippen LogP contribution in [0.25, 0.3) is 246 Å². The van der Waals surface area contributed by atoms with Gasteiger partial charge >= 0.3 is 0 Å². The third kappa shape index (κ3) is 17.1. The summed E-state index contributed by atoms with van der Waals surface area (Å²) in [5.74, 6) is 1.11. The second-order valence-corrected chi connectivity index (χ2v) is 32.9. The van der Waals surface area contributed by atoms with Crippen molar-refractivity contribution < 1.29 is 0 Å². The van der Waals surface area contributed by atoms with Crippen LogP contribution in [0, 0.1) is 0 Å². The zero-order valence-corrected chi connectivity index (χ0v) is 74.1. The van der Waals surface area contributed by atoms with Crippen LogP contribution in [-0.4, -0.2) is 84.7 Å². The Balaban J connectivity index is 0.000000116. The molecule has 0 radical (unpaired) electrons. The molecular weight excluding hydrogens is 1690 g/mol. The van der Waals surface area contributed by atoms with Crippen molar-refractivity contribution >= 4 is 64.9 Å². The van der Waals surface area contributed by atoms with Gasteiger partial charge in [-0.05, 0) is 247 Å². The smallest absolute Gasteiger partial charge is 0.179 e. The Hall–Kier alpha value is -19.1. The molecule has 0 fully saturated rings. The second kappa shape index (κ2) is 37.6. The van der Waals surface area contributed by atoms with Gasteiger partial charge in [-0.3, -0.25) is 39.9 Å². The largest absolute Gasteiger partial charge is 0.255 e. The summed E-state index contributed by atoms with van der Waals surface area (Å²) in [5, 5.41) is 10.9. The predicted octanol–water partition coefficient (Wildman–Crippen LogP) is 28.4. The average Bonchev–Trinajstić information content (AvgIpc) is 0.725. The van der Waals surface area contributed by atoms with E-state index in [0.29, 0.717) is 23.0 Å². The minimum Gasteiger partial charge on any atom is -0.255 e. The van der Waals surface area contributed by atoms with E-state index in [-0.39, 0.29) is 0 Å². The molecule has 15 aromatic heterocycles. The SMILES string of the molecule is c1ccc(-c2cc(-c3c4ccccc4c(-c4cc(-c5ccccn5)nc(-c5ccccn5)c4)c4ccccc34)cc(-c3ccccn3)n2)nc1.c1ccc(-c2cc(-c3ccc(-c4cc(-c5ccccn5)nc(-c5ccccn5)c4)cc3)cc(-c3ccccn3)n2)nc1.c1ccc(-c2nc(-c3cccc(-c4nc(-c5ccccc5)c5ccc6ccccc6c5n4)n3)nc3c2ccc2ccccc23)cc1. The summed E-state index contributed by atoms with van der Waals surface area (Å²) in [4.78, 5) is 82.4. The molecule has 25 rings (SSSR count). The number of pyridine rings is 13. The molecule has 0 bridgehead atoms. The molecule has 10 aromatic carbocycles. The van der Waals surface area contributed by atoms with Crippen molar-refractivity contribution in [1.82, 2.24) is 84.7 Å². The maximum absolute atomic E-state index is 5.14. The zero-order chi connectivity index (χ0) is 91.9. The Kier molecular flexibility index (Phi) is 22.7. The Bertz CT molecular complexity index is 7980. The van der Waals surface area contributed by atoms with Crippen molar-refractivity contribution in [2.24, 2.45) is 0 Å². The van der Waals surface area contributed by atoms with E-state index in [9.17, 15) is 0 Å². The molecule has 17 nitrogen and oxygen atoms in total. The van der Waals surface area contributed by atoms with E-state index in [4.69, 9.17) is 44.9 Å². The third-order valence-electron chi connectivity index (χ3n) is 24.3. The molecule has 0 aliphatic carbocycles. The summed E-state index contributed by atoms with van der Waals surface area (Å²) in [6.07, 6.45) is 14.3. The van der Waals surface area contributed by atoms with E-state index in [1.165, 1.54) is 0 Å². The average molecular weight is 1770 g/mol. The van der Waals surface area contributed by atoms with Gasteiger partial charge in [0.1, 0.15) is 11.4 Å². The fourth-order valence-electron chi connectivity index (χ4n) is 17.8. The lowest BCUT2D eigenvalue weighted by Gasteiger charge is -2.19. The van der Waals surface area contributed by atoms with E-state index in [0.717, 1.165) is 223 Å². The van der Waals surface area contributed by atoms with Crippen molar-refractivity contribution in [3.05, 3.63) is 468 Å². The second-order valence-electron chi connectivity index (χ2n) is 32.9. The maximum atomic E-state index is 5.14. The molecule has 17 heteroatoms. The van der Waals surface area contributed by atoms with Gasteiger partial charge < -0.3 is 0 Å². The van der Waals surface area contributed by atoms with E-state index < -0.39 is 0 Å². The first-order valence-corrected chi connectivity index (χ1v) is 45.3. The number of nitrogens with zero attached hydrogens (tertiary/aromatic N) is 17. The summed E-state index contributed by atoms with van der Waals surface area (Å²) in [6, 6.07) is 141. The first-order valence-electron chi connectivity index (χ1n) is 45.3.